The lowest BCUT2D eigenvalue weighted by molar-refractivity contribution is -0.128. The number of nitrogens with zero attached hydrogens (tertiary/aromatic N) is 1. The maximum atomic E-state index is 12.6. The SMILES string of the molecule is CC(C)(C)c1ccc2c(c1)N(S(C)(=O)=O)C[C@H](C(=O)NCCOCc1ccccc1)O2. The molecule has 1 N–H and O–H groups in total. The molecule has 8 heteroatoms. The molecule has 2 aromatic rings. The van der Waals surface area contributed by atoms with Gasteiger partial charge in [0, 0.05) is 6.54 Å². The summed E-state index contributed by atoms with van der Waals surface area (Å²) in [5.74, 6) is 0.00709. The van der Waals surface area contributed by atoms with Gasteiger partial charge in [-0.15, -0.1) is 0 Å². The summed E-state index contributed by atoms with van der Waals surface area (Å²) >= 11 is 0. The van der Waals surface area contributed by atoms with Crippen molar-refractivity contribution < 1.29 is 22.7 Å². The molecular weight excluding hydrogens is 416 g/mol. The Morgan fingerprint density at radius 3 is 2.55 bits per heavy atom. The van der Waals surface area contributed by atoms with Crippen molar-refractivity contribution in [3.05, 3.63) is 59.7 Å². The lowest BCUT2D eigenvalue weighted by Crippen LogP contribution is -2.51. The fourth-order valence-corrected chi connectivity index (χ4v) is 4.20. The molecule has 1 aliphatic heterocycles. The van der Waals surface area contributed by atoms with E-state index in [1.807, 2.05) is 42.5 Å². The summed E-state index contributed by atoms with van der Waals surface area (Å²) in [5.41, 5.74) is 2.36. The average Bonchev–Trinajstić information content (AvgIpc) is 2.71. The Hall–Kier alpha value is -2.58. The Bertz CT molecular complexity index is 1020. The summed E-state index contributed by atoms with van der Waals surface area (Å²) in [6, 6.07) is 15.2. The molecule has 0 saturated heterocycles. The predicted molar refractivity (Wildman–Crippen MR) is 121 cm³/mol. The lowest BCUT2D eigenvalue weighted by Gasteiger charge is -2.35. The van der Waals surface area contributed by atoms with Gasteiger partial charge < -0.3 is 14.8 Å². The molecule has 31 heavy (non-hydrogen) atoms. The number of nitrogens with one attached hydrogen (secondary N) is 1. The van der Waals surface area contributed by atoms with Crippen molar-refractivity contribution in [3.63, 3.8) is 0 Å². The third-order valence-corrected chi connectivity index (χ3v) is 6.19. The molecule has 3 rings (SSSR count). The van der Waals surface area contributed by atoms with Gasteiger partial charge in [0.05, 0.1) is 31.7 Å². The quantitative estimate of drug-likeness (QED) is 0.661. The van der Waals surface area contributed by atoms with Gasteiger partial charge in [-0.1, -0.05) is 57.2 Å². The zero-order valence-corrected chi connectivity index (χ0v) is 19.2. The Kier molecular flexibility index (Phi) is 6.91. The van der Waals surface area contributed by atoms with Gasteiger partial charge in [-0.25, -0.2) is 8.42 Å². The second-order valence-corrected chi connectivity index (χ2v) is 10.6. The Morgan fingerprint density at radius 1 is 1.19 bits per heavy atom. The number of amides is 1. The zero-order chi connectivity index (χ0) is 22.6. The van der Waals surface area contributed by atoms with Gasteiger partial charge in [0.1, 0.15) is 5.75 Å². The molecule has 0 spiro atoms. The Balaban J connectivity index is 1.63. The fraction of sp³-hybridized carbons (Fsp3) is 0.435. The van der Waals surface area contributed by atoms with Crippen molar-refractivity contribution in [1.82, 2.24) is 5.32 Å². The molecule has 0 unspecified atom stereocenters. The van der Waals surface area contributed by atoms with Gasteiger partial charge in [0.15, 0.2) is 6.10 Å². The predicted octanol–water partition coefficient (Wildman–Crippen LogP) is 2.84. The van der Waals surface area contributed by atoms with Crippen molar-refractivity contribution in [2.75, 3.05) is 30.3 Å². The van der Waals surface area contributed by atoms with Crippen LogP contribution in [0.15, 0.2) is 48.5 Å². The number of anilines is 1. The van der Waals surface area contributed by atoms with E-state index in [0.29, 0.717) is 31.2 Å². The minimum atomic E-state index is -3.58. The van der Waals surface area contributed by atoms with Crippen LogP contribution in [0.25, 0.3) is 0 Å². The first-order valence-corrected chi connectivity index (χ1v) is 12.1. The molecule has 1 amide bonds. The van der Waals surface area contributed by atoms with Crippen LogP contribution in [-0.4, -0.2) is 46.4 Å². The number of hydrogen-bond acceptors (Lipinski definition) is 5. The summed E-state index contributed by atoms with van der Waals surface area (Å²) in [5, 5.41) is 2.77. The van der Waals surface area contributed by atoms with Crippen molar-refractivity contribution >= 4 is 21.6 Å². The topological polar surface area (TPSA) is 84.9 Å². The van der Waals surface area contributed by atoms with Crippen LogP contribution >= 0.6 is 0 Å². The van der Waals surface area contributed by atoms with E-state index in [0.717, 1.165) is 17.4 Å². The van der Waals surface area contributed by atoms with Gasteiger partial charge in [-0.3, -0.25) is 9.10 Å². The molecule has 1 atom stereocenters. The second kappa shape index (κ2) is 9.28. The summed E-state index contributed by atoms with van der Waals surface area (Å²) in [6.07, 6.45) is 0.204. The van der Waals surface area contributed by atoms with E-state index in [-0.39, 0.29) is 17.9 Å². The molecule has 0 aromatic heterocycles. The third-order valence-electron chi connectivity index (χ3n) is 5.04. The van der Waals surface area contributed by atoms with Crippen LogP contribution in [-0.2, 0) is 31.6 Å². The number of benzene rings is 2. The molecule has 1 heterocycles. The number of rotatable bonds is 7. The van der Waals surface area contributed by atoms with E-state index in [4.69, 9.17) is 9.47 Å². The van der Waals surface area contributed by atoms with Crippen molar-refractivity contribution in [2.24, 2.45) is 0 Å². The Labute approximate surface area is 184 Å². The summed E-state index contributed by atoms with van der Waals surface area (Å²) in [4.78, 5) is 12.6. The van der Waals surface area contributed by atoms with Crippen LogP contribution in [0.3, 0.4) is 0 Å². The molecule has 0 aliphatic carbocycles. The summed E-state index contributed by atoms with van der Waals surface area (Å²) in [7, 11) is -3.58. The third kappa shape index (κ3) is 5.98. The molecule has 168 valence electrons. The van der Waals surface area contributed by atoms with Gasteiger partial charge >= 0.3 is 0 Å². The normalized spacial score (nSPS) is 16.4. The minimum Gasteiger partial charge on any atom is -0.476 e. The number of carbonyl (C=O) groups is 1. The first kappa shape index (κ1) is 23.1. The molecular formula is C23H30N2O5S. The summed E-state index contributed by atoms with van der Waals surface area (Å²) < 4.78 is 37.5. The highest BCUT2D eigenvalue weighted by Gasteiger charge is 2.35. The molecule has 0 bridgehead atoms. The average molecular weight is 447 g/mol. The second-order valence-electron chi connectivity index (χ2n) is 8.66. The van der Waals surface area contributed by atoms with Crippen LogP contribution in [0, 0.1) is 0 Å². The van der Waals surface area contributed by atoms with Gasteiger partial charge in [0.2, 0.25) is 10.0 Å². The van der Waals surface area contributed by atoms with Crippen molar-refractivity contribution in [1.29, 1.82) is 0 Å². The van der Waals surface area contributed by atoms with E-state index in [1.165, 1.54) is 4.31 Å². The monoisotopic (exact) mass is 446 g/mol. The van der Waals surface area contributed by atoms with Crippen LogP contribution in [0.1, 0.15) is 31.9 Å². The van der Waals surface area contributed by atoms with E-state index in [9.17, 15) is 13.2 Å². The van der Waals surface area contributed by atoms with Crippen molar-refractivity contribution in [2.45, 2.75) is 38.9 Å². The van der Waals surface area contributed by atoms with Crippen LogP contribution in [0.5, 0.6) is 5.75 Å². The molecule has 2 aromatic carbocycles. The fourth-order valence-electron chi connectivity index (χ4n) is 3.29. The maximum absolute atomic E-state index is 12.6. The van der Waals surface area contributed by atoms with Crippen LogP contribution in [0.4, 0.5) is 5.69 Å². The number of ether oxygens (including phenoxy) is 2. The minimum absolute atomic E-state index is 0.0733. The van der Waals surface area contributed by atoms with E-state index >= 15 is 0 Å². The zero-order valence-electron chi connectivity index (χ0n) is 18.4. The molecule has 1 aliphatic rings. The Morgan fingerprint density at radius 2 is 1.90 bits per heavy atom. The molecule has 0 fully saturated rings. The number of hydrogen-bond donors (Lipinski definition) is 1. The van der Waals surface area contributed by atoms with Gasteiger partial charge in [-0.05, 0) is 28.7 Å². The van der Waals surface area contributed by atoms with Crippen LogP contribution in [0.2, 0.25) is 0 Å². The number of sulfonamides is 1. The smallest absolute Gasteiger partial charge is 0.263 e. The lowest BCUT2D eigenvalue weighted by atomic mass is 9.86. The summed E-state index contributed by atoms with van der Waals surface area (Å²) in [6.45, 7) is 7.20. The van der Waals surface area contributed by atoms with E-state index in [2.05, 4.69) is 26.1 Å². The highest BCUT2D eigenvalue weighted by molar-refractivity contribution is 7.92. The van der Waals surface area contributed by atoms with Gasteiger partial charge in [0.25, 0.3) is 5.91 Å². The maximum Gasteiger partial charge on any atom is 0.263 e. The van der Waals surface area contributed by atoms with E-state index < -0.39 is 16.1 Å². The molecule has 0 radical (unpaired) electrons. The molecule has 7 nitrogen and oxygen atoms in total. The number of carbonyl (C=O) groups excluding carboxylic acids is 1. The van der Waals surface area contributed by atoms with Crippen LogP contribution < -0.4 is 14.4 Å². The van der Waals surface area contributed by atoms with Crippen molar-refractivity contribution in [3.8, 4) is 5.75 Å². The standard InChI is InChI=1S/C23H30N2O5S/c1-23(2,3)18-10-11-20-19(14-18)25(31(4,27)28)15-21(30-20)22(26)24-12-13-29-16-17-8-6-5-7-9-17/h5-11,14,21H,12-13,15-16H2,1-4H3,(H,24,26)/t21-/m1/s1. The molecule has 0 saturated carbocycles. The first-order valence-electron chi connectivity index (χ1n) is 10.2. The van der Waals surface area contributed by atoms with Gasteiger partial charge in [-0.2, -0.15) is 0 Å². The first-order chi connectivity index (χ1) is 14.6. The largest absolute Gasteiger partial charge is 0.476 e. The van der Waals surface area contributed by atoms with E-state index in [1.54, 1.807) is 6.07 Å². The highest BCUT2D eigenvalue weighted by Crippen LogP contribution is 2.38. The number of fused-ring (bicyclic) bond motifs is 1. The highest BCUT2D eigenvalue weighted by atomic mass is 32.2.